The van der Waals surface area contributed by atoms with E-state index in [0.29, 0.717) is 5.92 Å². The van der Waals surface area contributed by atoms with E-state index in [1.807, 2.05) is 19.3 Å². The number of benzene rings is 1. The van der Waals surface area contributed by atoms with E-state index in [9.17, 15) is 0 Å². The van der Waals surface area contributed by atoms with Gasteiger partial charge in [-0.25, -0.2) is 4.98 Å². The normalized spacial score (nSPS) is 14.8. The molecule has 2 N–H and O–H groups in total. The molecule has 0 radical (unpaired) electrons. The number of hydrogen-bond acceptors (Lipinski definition) is 4. The third-order valence-electron chi connectivity index (χ3n) is 5.40. The molecule has 7 nitrogen and oxygen atoms in total. The topological polar surface area (TPSA) is 72.7 Å². The number of aliphatic imine (C=N–C) groups is 1. The Labute approximate surface area is 203 Å². The highest BCUT2D eigenvalue weighted by atomic mass is 127. The fourth-order valence-corrected chi connectivity index (χ4v) is 3.56. The van der Waals surface area contributed by atoms with Crippen LogP contribution in [0.3, 0.4) is 0 Å². The Morgan fingerprint density at radius 3 is 2.81 bits per heavy atom. The Hall–Kier alpha value is -1.65. The van der Waals surface area contributed by atoms with Crippen LogP contribution in [0.5, 0.6) is 0 Å². The molecule has 0 bridgehead atoms. The van der Waals surface area contributed by atoms with Gasteiger partial charge in [0.25, 0.3) is 0 Å². The van der Waals surface area contributed by atoms with Gasteiger partial charge in [0.1, 0.15) is 5.82 Å². The molecule has 1 aromatic heterocycles. The molecule has 1 saturated heterocycles. The summed E-state index contributed by atoms with van der Waals surface area (Å²) in [5.41, 5.74) is 2.49. The molecule has 1 aliphatic heterocycles. The van der Waals surface area contributed by atoms with Crippen LogP contribution in [-0.2, 0) is 22.6 Å². The predicted molar refractivity (Wildman–Crippen MR) is 135 cm³/mol. The molecule has 31 heavy (non-hydrogen) atoms. The molecule has 172 valence electrons. The minimum Gasteiger partial charge on any atom is -0.381 e. The Kier molecular flexibility index (Phi) is 11.9. The smallest absolute Gasteiger partial charge is 0.191 e. The van der Waals surface area contributed by atoms with Crippen molar-refractivity contribution in [1.29, 1.82) is 0 Å². The van der Waals surface area contributed by atoms with E-state index in [4.69, 9.17) is 9.47 Å². The molecule has 0 saturated carbocycles. The zero-order chi connectivity index (χ0) is 21.0. The van der Waals surface area contributed by atoms with Crippen LogP contribution >= 0.6 is 24.0 Å². The van der Waals surface area contributed by atoms with Crippen LogP contribution in [0.15, 0.2) is 41.7 Å². The van der Waals surface area contributed by atoms with E-state index in [1.165, 1.54) is 11.1 Å². The number of halogens is 1. The Bertz CT molecular complexity index is 790. The summed E-state index contributed by atoms with van der Waals surface area (Å²) in [7, 11) is 1.80. The second kappa shape index (κ2) is 14.4. The number of hydrogen-bond donors (Lipinski definition) is 2. The second-order valence-corrected chi connectivity index (χ2v) is 7.76. The van der Waals surface area contributed by atoms with Gasteiger partial charge >= 0.3 is 0 Å². The van der Waals surface area contributed by atoms with Gasteiger partial charge in [0.15, 0.2) is 5.96 Å². The number of aryl methyl sites for hydroxylation is 1. The monoisotopic (exact) mass is 541 g/mol. The van der Waals surface area contributed by atoms with Crippen molar-refractivity contribution in [3.05, 3.63) is 53.6 Å². The van der Waals surface area contributed by atoms with Crippen LogP contribution in [0, 0.1) is 12.8 Å². The number of nitrogens with zero attached hydrogens (tertiary/aromatic N) is 3. The van der Waals surface area contributed by atoms with Gasteiger partial charge in [0.2, 0.25) is 0 Å². The molecule has 0 spiro atoms. The van der Waals surface area contributed by atoms with Gasteiger partial charge in [-0.05, 0) is 43.2 Å². The molecule has 1 aromatic carbocycles. The maximum atomic E-state index is 5.82. The molecular formula is C23H36IN5O2. The van der Waals surface area contributed by atoms with Gasteiger partial charge in [-0.15, -0.1) is 24.0 Å². The first kappa shape index (κ1) is 25.6. The van der Waals surface area contributed by atoms with Crippen molar-refractivity contribution in [1.82, 2.24) is 20.2 Å². The number of rotatable bonds is 10. The Morgan fingerprint density at radius 2 is 2.06 bits per heavy atom. The quantitative estimate of drug-likeness (QED) is 0.209. The van der Waals surface area contributed by atoms with Gasteiger partial charge in [-0.3, -0.25) is 4.99 Å². The highest BCUT2D eigenvalue weighted by molar-refractivity contribution is 14.0. The van der Waals surface area contributed by atoms with Crippen molar-refractivity contribution in [2.45, 2.75) is 39.3 Å². The summed E-state index contributed by atoms with van der Waals surface area (Å²) in [6.45, 7) is 7.82. The van der Waals surface area contributed by atoms with E-state index in [1.54, 1.807) is 7.05 Å². The summed E-state index contributed by atoms with van der Waals surface area (Å²) >= 11 is 0. The summed E-state index contributed by atoms with van der Waals surface area (Å²) in [6.07, 6.45) is 7.06. The first-order chi connectivity index (χ1) is 14.7. The standard InChI is InChI=1S/C23H35N5O2.HI/c1-19-25-10-11-28(19)17-22-6-3-5-21(15-22)16-27-23(24-2)26-9-4-12-30-18-20-7-13-29-14-8-20;/h3,5-6,10-11,15,20H,4,7-9,12-14,16-18H2,1-2H3,(H2,24,26,27);1H. The van der Waals surface area contributed by atoms with Crippen molar-refractivity contribution < 1.29 is 9.47 Å². The molecule has 0 atom stereocenters. The molecule has 1 aliphatic rings. The maximum Gasteiger partial charge on any atom is 0.191 e. The molecule has 3 rings (SSSR count). The van der Waals surface area contributed by atoms with Crippen molar-refractivity contribution >= 4 is 29.9 Å². The van der Waals surface area contributed by atoms with E-state index in [2.05, 4.69) is 49.4 Å². The van der Waals surface area contributed by atoms with Gasteiger partial charge in [0, 0.05) is 65.5 Å². The SMILES string of the molecule is CN=C(NCCCOCC1CCOCC1)NCc1cccc(Cn2ccnc2C)c1.I. The molecule has 8 heteroatoms. The zero-order valence-corrected chi connectivity index (χ0v) is 21.0. The van der Waals surface area contributed by atoms with Gasteiger partial charge < -0.3 is 24.7 Å². The van der Waals surface area contributed by atoms with Crippen LogP contribution in [0.2, 0.25) is 0 Å². The lowest BCUT2D eigenvalue weighted by atomic mass is 10.0. The molecule has 1 fully saturated rings. The van der Waals surface area contributed by atoms with E-state index in [-0.39, 0.29) is 24.0 Å². The minimum absolute atomic E-state index is 0. The van der Waals surface area contributed by atoms with Crippen LogP contribution in [0.1, 0.15) is 36.2 Å². The van der Waals surface area contributed by atoms with Gasteiger partial charge in [0.05, 0.1) is 0 Å². The summed E-state index contributed by atoms with van der Waals surface area (Å²) in [5.74, 6) is 2.50. The van der Waals surface area contributed by atoms with Crippen LogP contribution < -0.4 is 10.6 Å². The maximum absolute atomic E-state index is 5.82. The molecule has 2 aromatic rings. The summed E-state index contributed by atoms with van der Waals surface area (Å²) < 4.78 is 13.4. The lowest BCUT2D eigenvalue weighted by Crippen LogP contribution is -2.37. The summed E-state index contributed by atoms with van der Waals surface area (Å²) in [5, 5.41) is 6.75. The van der Waals surface area contributed by atoms with Crippen molar-refractivity contribution in [2.24, 2.45) is 10.9 Å². The average Bonchev–Trinajstić information content (AvgIpc) is 3.18. The molecule has 0 amide bonds. The largest absolute Gasteiger partial charge is 0.381 e. The van der Waals surface area contributed by atoms with Crippen LogP contribution in [-0.4, -0.2) is 55.5 Å². The van der Waals surface area contributed by atoms with Crippen LogP contribution in [0.25, 0.3) is 0 Å². The van der Waals surface area contributed by atoms with Crippen molar-refractivity contribution in [3.63, 3.8) is 0 Å². The van der Waals surface area contributed by atoms with E-state index >= 15 is 0 Å². The fourth-order valence-electron chi connectivity index (χ4n) is 3.56. The van der Waals surface area contributed by atoms with Crippen molar-refractivity contribution in [2.75, 3.05) is 40.0 Å². The minimum atomic E-state index is 0. The fraction of sp³-hybridized carbons (Fsp3) is 0.565. The van der Waals surface area contributed by atoms with Gasteiger partial charge in [-0.2, -0.15) is 0 Å². The number of ether oxygens (including phenoxy) is 2. The van der Waals surface area contributed by atoms with E-state index in [0.717, 1.165) is 77.1 Å². The lowest BCUT2D eigenvalue weighted by Gasteiger charge is -2.21. The summed E-state index contributed by atoms with van der Waals surface area (Å²) in [4.78, 5) is 8.61. The van der Waals surface area contributed by atoms with Crippen LogP contribution in [0.4, 0.5) is 0 Å². The first-order valence-electron chi connectivity index (χ1n) is 10.9. The Morgan fingerprint density at radius 1 is 1.26 bits per heavy atom. The zero-order valence-electron chi connectivity index (χ0n) is 18.7. The number of guanidine groups is 1. The summed E-state index contributed by atoms with van der Waals surface area (Å²) in [6, 6.07) is 8.61. The molecule has 0 aliphatic carbocycles. The predicted octanol–water partition coefficient (Wildman–Crippen LogP) is 3.36. The number of aromatic nitrogens is 2. The first-order valence-corrected chi connectivity index (χ1v) is 10.9. The molecular weight excluding hydrogens is 505 g/mol. The third-order valence-corrected chi connectivity index (χ3v) is 5.40. The van der Waals surface area contributed by atoms with Gasteiger partial charge in [-0.1, -0.05) is 24.3 Å². The highest BCUT2D eigenvalue weighted by Gasteiger charge is 2.13. The van der Waals surface area contributed by atoms with E-state index < -0.39 is 0 Å². The Balaban J connectivity index is 0.00000341. The second-order valence-electron chi connectivity index (χ2n) is 7.76. The lowest BCUT2D eigenvalue weighted by molar-refractivity contribution is 0.0203. The highest BCUT2D eigenvalue weighted by Crippen LogP contribution is 2.14. The van der Waals surface area contributed by atoms with Crippen molar-refractivity contribution in [3.8, 4) is 0 Å². The third kappa shape index (κ3) is 9.16. The number of nitrogens with one attached hydrogen (secondary N) is 2. The number of imidazole rings is 1. The average molecular weight is 541 g/mol. The molecule has 0 unspecified atom stereocenters. The molecule has 2 heterocycles.